The number of carbonyl (C=O) groups is 2. The lowest BCUT2D eigenvalue weighted by molar-refractivity contribution is -0.120. The summed E-state index contributed by atoms with van der Waals surface area (Å²) >= 11 is 0. The summed E-state index contributed by atoms with van der Waals surface area (Å²) in [5.74, 6) is -0.407. The zero-order valence-electron chi connectivity index (χ0n) is 16.3. The maximum absolute atomic E-state index is 13.6. The third-order valence-corrected chi connectivity index (χ3v) is 3.97. The highest BCUT2D eigenvalue weighted by Crippen LogP contribution is 2.30. The second-order valence-corrected chi connectivity index (χ2v) is 6.02. The molecule has 0 saturated carbocycles. The van der Waals surface area contributed by atoms with E-state index in [4.69, 9.17) is 9.47 Å². The van der Waals surface area contributed by atoms with Crippen molar-refractivity contribution in [3.63, 3.8) is 0 Å². The van der Waals surface area contributed by atoms with E-state index in [1.807, 2.05) is 32.9 Å². The van der Waals surface area contributed by atoms with Crippen LogP contribution in [0.4, 0.5) is 4.39 Å². The molecule has 0 aliphatic rings. The Bertz CT molecular complexity index is 826. The predicted octanol–water partition coefficient (Wildman–Crippen LogP) is 3.23. The first-order chi connectivity index (χ1) is 13.5. The van der Waals surface area contributed by atoms with Crippen molar-refractivity contribution in [3.8, 4) is 11.5 Å². The maximum atomic E-state index is 13.6. The zero-order valence-corrected chi connectivity index (χ0v) is 16.3. The summed E-state index contributed by atoms with van der Waals surface area (Å²) in [6.07, 6.45) is 0. The topological polar surface area (TPSA) is 76.7 Å². The van der Waals surface area contributed by atoms with Crippen molar-refractivity contribution in [2.75, 3.05) is 19.8 Å². The number of amides is 2. The predicted molar refractivity (Wildman–Crippen MR) is 104 cm³/mol. The van der Waals surface area contributed by atoms with Crippen LogP contribution >= 0.6 is 0 Å². The molecular formula is C21H25FN2O4. The third-order valence-electron chi connectivity index (χ3n) is 3.97. The minimum absolute atomic E-state index is 0.101. The van der Waals surface area contributed by atoms with Gasteiger partial charge in [0.2, 0.25) is 5.91 Å². The largest absolute Gasteiger partial charge is 0.490 e. The Kier molecular flexibility index (Phi) is 7.80. The van der Waals surface area contributed by atoms with Crippen LogP contribution in [0.3, 0.4) is 0 Å². The summed E-state index contributed by atoms with van der Waals surface area (Å²) in [6, 6.07) is 10.8. The smallest absolute Gasteiger partial charge is 0.254 e. The molecule has 2 amide bonds. The van der Waals surface area contributed by atoms with Gasteiger partial charge >= 0.3 is 0 Å². The van der Waals surface area contributed by atoms with E-state index >= 15 is 0 Å². The molecule has 0 unspecified atom stereocenters. The monoisotopic (exact) mass is 388 g/mol. The number of nitrogens with one attached hydrogen (secondary N) is 2. The van der Waals surface area contributed by atoms with Crippen LogP contribution in [0.1, 0.15) is 42.7 Å². The molecule has 0 spiro atoms. The lowest BCUT2D eigenvalue weighted by Crippen LogP contribution is -2.38. The summed E-state index contributed by atoms with van der Waals surface area (Å²) in [6.45, 7) is 6.35. The van der Waals surface area contributed by atoms with Crippen molar-refractivity contribution in [2.45, 2.75) is 26.8 Å². The van der Waals surface area contributed by atoms with Crippen molar-refractivity contribution in [3.05, 3.63) is 59.4 Å². The van der Waals surface area contributed by atoms with Crippen LogP contribution in [0.15, 0.2) is 42.5 Å². The lowest BCUT2D eigenvalue weighted by Gasteiger charge is -2.17. The molecule has 2 aromatic rings. The fourth-order valence-electron chi connectivity index (χ4n) is 2.61. The fraction of sp³-hybridized carbons (Fsp3) is 0.333. The highest BCUT2D eigenvalue weighted by atomic mass is 19.1. The Morgan fingerprint density at radius 2 is 1.71 bits per heavy atom. The molecule has 0 aromatic heterocycles. The van der Waals surface area contributed by atoms with E-state index in [2.05, 4.69) is 10.6 Å². The second-order valence-electron chi connectivity index (χ2n) is 6.02. The Balaban J connectivity index is 1.95. The standard InChI is InChI=1S/C21H25FN2O4/c1-4-27-18-11-10-15(12-19(18)28-5-2)14(3)24-20(25)13-23-21(26)16-8-6-7-9-17(16)22/h6-12,14H,4-5,13H2,1-3H3,(H,23,26)(H,24,25)/t14-/m1/s1. The molecule has 150 valence electrons. The van der Waals surface area contributed by atoms with Crippen LogP contribution in [0.5, 0.6) is 11.5 Å². The van der Waals surface area contributed by atoms with Crippen LogP contribution in [-0.2, 0) is 4.79 Å². The Labute approximate surface area is 164 Å². The van der Waals surface area contributed by atoms with Crippen LogP contribution in [0, 0.1) is 5.82 Å². The van der Waals surface area contributed by atoms with Gasteiger partial charge < -0.3 is 20.1 Å². The third kappa shape index (κ3) is 5.70. The van der Waals surface area contributed by atoms with Crippen molar-refractivity contribution in [2.24, 2.45) is 0 Å². The molecule has 2 rings (SSSR count). The van der Waals surface area contributed by atoms with E-state index in [9.17, 15) is 14.0 Å². The molecule has 2 N–H and O–H groups in total. The summed E-state index contributed by atoms with van der Waals surface area (Å²) in [5.41, 5.74) is 0.733. The van der Waals surface area contributed by atoms with E-state index in [0.29, 0.717) is 24.7 Å². The SMILES string of the molecule is CCOc1ccc([C@@H](C)NC(=O)CNC(=O)c2ccccc2F)cc1OCC. The van der Waals surface area contributed by atoms with Crippen molar-refractivity contribution >= 4 is 11.8 Å². The Morgan fingerprint density at radius 1 is 1.04 bits per heavy atom. The Hall–Kier alpha value is -3.09. The fourth-order valence-corrected chi connectivity index (χ4v) is 2.61. The first-order valence-electron chi connectivity index (χ1n) is 9.17. The van der Waals surface area contributed by atoms with Gasteiger partial charge in [-0.1, -0.05) is 18.2 Å². The van der Waals surface area contributed by atoms with E-state index in [1.54, 1.807) is 12.1 Å². The minimum atomic E-state index is -0.638. The van der Waals surface area contributed by atoms with Gasteiger partial charge in [0, 0.05) is 0 Å². The molecule has 0 fully saturated rings. The van der Waals surface area contributed by atoms with Gasteiger partial charge in [-0.15, -0.1) is 0 Å². The molecular weight excluding hydrogens is 363 g/mol. The highest BCUT2D eigenvalue weighted by Gasteiger charge is 2.15. The zero-order chi connectivity index (χ0) is 20.5. The van der Waals surface area contributed by atoms with Crippen LogP contribution in [0.25, 0.3) is 0 Å². The van der Waals surface area contributed by atoms with Gasteiger partial charge in [-0.2, -0.15) is 0 Å². The molecule has 0 heterocycles. The number of rotatable bonds is 9. The van der Waals surface area contributed by atoms with E-state index in [-0.39, 0.29) is 24.1 Å². The van der Waals surface area contributed by atoms with Crippen LogP contribution in [0.2, 0.25) is 0 Å². The number of halogens is 1. The Morgan fingerprint density at radius 3 is 2.39 bits per heavy atom. The van der Waals surface area contributed by atoms with E-state index in [1.165, 1.54) is 18.2 Å². The summed E-state index contributed by atoms with van der Waals surface area (Å²) in [4.78, 5) is 24.1. The quantitative estimate of drug-likeness (QED) is 0.692. The molecule has 0 radical (unpaired) electrons. The molecule has 1 atom stereocenters. The molecule has 6 nitrogen and oxygen atoms in total. The molecule has 0 aliphatic heterocycles. The summed E-state index contributed by atoms with van der Waals surface area (Å²) < 4.78 is 24.7. The van der Waals surface area contributed by atoms with Crippen LogP contribution in [-0.4, -0.2) is 31.6 Å². The highest BCUT2D eigenvalue weighted by molar-refractivity contribution is 5.96. The number of carbonyl (C=O) groups excluding carboxylic acids is 2. The van der Waals surface area contributed by atoms with Gasteiger partial charge in [-0.3, -0.25) is 9.59 Å². The molecule has 28 heavy (non-hydrogen) atoms. The lowest BCUT2D eigenvalue weighted by atomic mass is 10.1. The van der Waals surface area contributed by atoms with Crippen LogP contribution < -0.4 is 20.1 Å². The average molecular weight is 388 g/mol. The van der Waals surface area contributed by atoms with Gasteiger partial charge in [0.1, 0.15) is 5.82 Å². The second kappa shape index (κ2) is 10.3. The maximum Gasteiger partial charge on any atom is 0.254 e. The normalized spacial score (nSPS) is 11.4. The number of benzene rings is 2. The van der Waals surface area contributed by atoms with Crippen molar-refractivity contribution in [1.29, 1.82) is 0 Å². The van der Waals surface area contributed by atoms with Gasteiger partial charge in [0.05, 0.1) is 31.4 Å². The summed E-state index contributed by atoms with van der Waals surface area (Å²) in [5, 5.41) is 5.21. The van der Waals surface area contributed by atoms with Gasteiger partial charge in [0.25, 0.3) is 5.91 Å². The molecule has 7 heteroatoms. The van der Waals surface area contributed by atoms with E-state index < -0.39 is 11.7 Å². The van der Waals surface area contributed by atoms with Gasteiger partial charge in [-0.25, -0.2) is 4.39 Å². The number of hydrogen-bond acceptors (Lipinski definition) is 4. The molecule has 0 saturated heterocycles. The van der Waals surface area contributed by atoms with E-state index in [0.717, 1.165) is 5.56 Å². The van der Waals surface area contributed by atoms with Gasteiger partial charge in [-0.05, 0) is 50.6 Å². The van der Waals surface area contributed by atoms with Crippen molar-refractivity contribution < 1.29 is 23.5 Å². The van der Waals surface area contributed by atoms with Gasteiger partial charge in [0.15, 0.2) is 11.5 Å². The summed E-state index contributed by atoms with van der Waals surface area (Å²) in [7, 11) is 0. The minimum Gasteiger partial charge on any atom is -0.490 e. The average Bonchev–Trinajstić information content (AvgIpc) is 2.68. The number of hydrogen-bond donors (Lipinski definition) is 2. The first kappa shape index (κ1) is 21.2. The number of ether oxygens (including phenoxy) is 2. The first-order valence-corrected chi connectivity index (χ1v) is 9.17. The molecule has 0 bridgehead atoms. The molecule has 0 aliphatic carbocycles. The van der Waals surface area contributed by atoms with Crippen molar-refractivity contribution in [1.82, 2.24) is 10.6 Å². The molecule has 2 aromatic carbocycles.